The number of hydrogen-bond donors (Lipinski definition) is 1. The lowest BCUT2D eigenvalue weighted by Gasteiger charge is -2.09. The molecule has 16 heavy (non-hydrogen) atoms. The van der Waals surface area contributed by atoms with Gasteiger partial charge in [-0.3, -0.25) is 4.84 Å². The van der Waals surface area contributed by atoms with Crippen LogP contribution < -0.4 is 4.89 Å². The molecule has 1 aromatic carbocycles. The summed E-state index contributed by atoms with van der Waals surface area (Å²) in [6.45, 7) is 3.84. The zero-order valence-electron chi connectivity index (χ0n) is 8.75. The molecule has 0 bridgehead atoms. The molecular formula is C9H11Br2NO3S. The summed E-state index contributed by atoms with van der Waals surface area (Å²) < 4.78 is 24.8. The van der Waals surface area contributed by atoms with E-state index in [1.54, 1.807) is 13.0 Å². The van der Waals surface area contributed by atoms with E-state index in [0.717, 1.165) is 10.0 Å². The molecule has 1 rings (SSSR count). The molecule has 7 heteroatoms. The smallest absolute Gasteiger partial charge is 0.263 e. The van der Waals surface area contributed by atoms with E-state index in [2.05, 4.69) is 31.9 Å². The highest BCUT2D eigenvalue weighted by Crippen LogP contribution is 2.28. The molecule has 1 aromatic rings. The van der Waals surface area contributed by atoms with Crippen LogP contribution in [-0.2, 0) is 14.9 Å². The predicted molar refractivity (Wildman–Crippen MR) is 68.5 cm³/mol. The molecule has 0 saturated heterocycles. The van der Waals surface area contributed by atoms with Gasteiger partial charge in [0.05, 0.1) is 11.5 Å². The molecule has 0 aliphatic heterocycles. The van der Waals surface area contributed by atoms with Crippen molar-refractivity contribution in [2.45, 2.75) is 18.7 Å². The number of benzene rings is 1. The minimum Gasteiger partial charge on any atom is -0.287 e. The van der Waals surface area contributed by atoms with Gasteiger partial charge in [0.25, 0.3) is 10.0 Å². The van der Waals surface area contributed by atoms with Gasteiger partial charge < -0.3 is 0 Å². The largest absolute Gasteiger partial charge is 0.287 e. The van der Waals surface area contributed by atoms with Crippen molar-refractivity contribution in [1.29, 1.82) is 0 Å². The fraction of sp³-hybridized carbons (Fsp3) is 0.333. The Bertz CT molecular complexity index is 488. The van der Waals surface area contributed by atoms with E-state index in [1.165, 1.54) is 6.07 Å². The summed E-state index contributed by atoms with van der Waals surface area (Å²) in [4.78, 5) is 6.87. The van der Waals surface area contributed by atoms with Crippen LogP contribution in [0.4, 0.5) is 0 Å². The number of rotatable bonds is 4. The van der Waals surface area contributed by atoms with E-state index in [9.17, 15) is 8.42 Å². The van der Waals surface area contributed by atoms with Crippen LogP contribution in [0.25, 0.3) is 0 Å². The molecule has 0 radical (unpaired) electrons. The molecule has 0 atom stereocenters. The number of halogens is 2. The highest BCUT2D eigenvalue weighted by atomic mass is 79.9. The maximum atomic E-state index is 11.8. The summed E-state index contributed by atoms with van der Waals surface area (Å²) in [6.07, 6.45) is 0. The van der Waals surface area contributed by atoms with Crippen molar-refractivity contribution in [1.82, 2.24) is 4.89 Å². The van der Waals surface area contributed by atoms with Gasteiger partial charge in [0.1, 0.15) is 0 Å². The van der Waals surface area contributed by atoms with E-state index >= 15 is 0 Å². The first kappa shape index (κ1) is 14.1. The summed E-state index contributed by atoms with van der Waals surface area (Å²) in [6, 6.07) is 3.26. The molecule has 90 valence electrons. The number of hydrogen-bond acceptors (Lipinski definition) is 3. The lowest BCUT2D eigenvalue weighted by Crippen LogP contribution is -2.24. The van der Waals surface area contributed by atoms with Gasteiger partial charge in [0.15, 0.2) is 0 Å². The van der Waals surface area contributed by atoms with Crippen molar-refractivity contribution < 1.29 is 13.3 Å². The van der Waals surface area contributed by atoms with Crippen molar-refractivity contribution in [3.8, 4) is 0 Å². The molecule has 0 aliphatic rings. The second-order valence-corrected chi connectivity index (χ2v) is 6.37. The van der Waals surface area contributed by atoms with Crippen LogP contribution in [-0.4, -0.2) is 15.0 Å². The van der Waals surface area contributed by atoms with Crippen LogP contribution >= 0.6 is 31.9 Å². The van der Waals surface area contributed by atoms with Crippen LogP contribution in [0.5, 0.6) is 0 Å². The lowest BCUT2D eigenvalue weighted by molar-refractivity contribution is 0.105. The average molecular weight is 373 g/mol. The van der Waals surface area contributed by atoms with E-state index in [0.29, 0.717) is 4.47 Å². The summed E-state index contributed by atoms with van der Waals surface area (Å²) in [5.41, 5.74) is 0.947. The maximum absolute atomic E-state index is 11.8. The van der Waals surface area contributed by atoms with Gasteiger partial charge in [-0.1, -0.05) is 20.8 Å². The van der Waals surface area contributed by atoms with Gasteiger partial charge in [-0.2, -0.15) is 0 Å². The minimum absolute atomic E-state index is 0.137. The fourth-order valence-electron chi connectivity index (χ4n) is 1.02. The molecule has 1 N–H and O–H groups in total. The third kappa shape index (κ3) is 3.27. The molecule has 0 heterocycles. The zero-order chi connectivity index (χ0) is 12.3. The molecule has 0 spiro atoms. The molecule has 0 unspecified atom stereocenters. The van der Waals surface area contributed by atoms with Gasteiger partial charge in [0, 0.05) is 8.95 Å². The maximum Gasteiger partial charge on any atom is 0.263 e. The Hall–Kier alpha value is 0.0500. The molecule has 0 aromatic heterocycles. The first-order valence-electron chi connectivity index (χ1n) is 4.47. The van der Waals surface area contributed by atoms with E-state index < -0.39 is 10.0 Å². The standard InChI is InChI=1S/C9H11Br2NO3S/c1-3-15-12-16(13,14)9-5-7(10)6(2)4-8(9)11/h4-5,12H,3H2,1-2H3. The van der Waals surface area contributed by atoms with Crippen LogP contribution in [0.15, 0.2) is 26.0 Å². The molecular weight excluding hydrogens is 362 g/mol. The molecule has 0 amide bonds. The topological polar surface area (TPSA) is 55.4 Å². The van der Waals surface area contributed by atoms with Crippen LogP contribution in [0.3, 0.4) is 0 Å². The van der Waals surface area contributed by atoms with Gasteiger partial charge in [0.2, 0.25) is 0 Å². The van der Waals surface area contributed by atoms with Gasteiger partial charge >= 0.3 is 0 Å². The van der Waals surface area contributed by atoms with Crippen molar-refractivity contribution in [2.75, 3.05) is 6.61 Å². The molecule has 0 fully saturated rings. The van der Waals surface area contributed by atoms with Crippen LogP contribution in [0.2, 0.25) is 0 Å². The predicted octanol–water partition coefficient (Wildman–Crippen LogP) is 2.75. The molecule has 0 saturated carbocycles. The normalized spacial score (nSPS) is 11.8. The summed E-state index contributed by atoms with van der Waals surface area (Å²) in [5, 5.41) is 0. The third-order valence-corrected chi connectivity index (χ3v) is 4.84. The number of aryl methyl sites for hydroxylation is 1. The Morgan fingerprint density at radius 1 is 1.31 bits per heavy atom. The van der Waals surface area contributed by atoms with Gasteiger partial charge in [-0.15, -0.1) is 0 Å². The quantitative estimate of drug-likeness (QED) is 0.826. The second-order valence-electron chi connectivity index (χ2n) is 3.05. The highest BCUT2D eigenvalue weighted by molar-refractivity contribution is 9.11. The summed E-state index contributed by atoms with van der Waals surface area (Å²) >= 11 is 6.50. The Labute approximate surface area is 112 Å². The van der Waals surface area contributed by atoms with Crippen molar-refractivity contribution in [3.63, 3.8) is 0 Å². The van der Waals surface area contributed by atoms with Crippen molar-refractivity contribution >= 4 is 41.9 Å². The van der Waals surface area contributed by atoms with E-state index in [-0.39, 0.29) is 11.5 Å². The minimum atomic E-state index is -3.64. The summed E-state index contributed by atoms with van der Waals surface area (Å²) in [5.74, 6) is 0. The van der Waals surface area contributed by atoms with Crippen molar-refractivity contribution in [2.24, 2.45) is 0 Å². The first-order chi connectivity index (χ1) is 7.38. The molecule has 4 nitrogen and oxygen atoms in total. The van der Waals surface area contributed by atoms with Crippen LogP contribution in [0, 0.1) is 6.92 Å². The summed E-state index contributed by atoms with van der Waals surface area (Å²) in [7, 11) is -3.64. The Balaban J connectivity index is 3.18. The first-order valence-corrected chi connectivity index (χ1v) is 7.54. The molecule has 0 aliphatic carbocycles. The van der Waals surface area contributed by atoms with Crippen LogP contribution in [0.1, 0.15) is 12.5 Å². The Morgan fingerprint density at radius 2 is 1.94 bits per heavy atom. The van der Waals surface area contributed by atoms with Gasteiger partial charge in [-0.05, 0) is 47.5 Å². The lowest BCUT2D eigenvalue weighted by atomic mass is 10.2. The third-order valence-electron chi connectivity index (χ3n) is 1.82. The Morgan fingerprint density at radius 3 is 2.50 bits per heavy atom. The Kier molecular flexibility index (Phi) is 4.93. The average Bonchev–Trinajstić information content (AvgIpc) is 2.20. The van der Waals surface area contributed by atoms with E-state index in [4.69, 9.17) is 4.84 Å². The van der Waals surface area contributed by atoms with Crippen molar-refractivity contribution in [3.05, 3.63) is 26.6 Å². The number of sulfonamides is 1. The fourth-order valence-corrected chi connectivity index (χ4v) is 3.56. The SMILES string of the molecule is CCONS(=O)(=O)c1cc(Br)c(C)cc1Br. The second kappa shape index (κ2) is 5.59. The van der Waals surface area contributed by atoms with Gasteiger partial charge in [-0.25, -0.2) is 8.42 Å². The highest BCUT2D eigenvalue weighted by Gasteiger charge is 2.18. The van der Waals surface area contributed by atoms with E-state index in [1.807, 2.05) is 11.8 Å². The monoisotopic (exact) mass is 371 g/mol. The number of nitrogens with one attached hydrogen (secondary N) is 1. The zero-order valence-corrected chi connectivity index (χ0v) is 12.7.